The third kappa shape index (κ3) is 3.82. The average Bonchev–Trinajstić information content (AvgIpc) is 3.26. The smallest absolute Gasteiger partial charge is 0.275 e. The first-order valence-electron chi connectivity index (χ1n) is 9.96. The van der Waals surface area contributed by atoms with Crippen molar-refractivity contribution in [3.63, 3.8) is 0 Å². The molecule has 1 saturated heterocycles. The number of nitrogens with one attached hydrogen (secondary N) is 2. The number of nitrogens with zero attached hydrogens (tertiary/aromatic N) is 5. The van der Waals surface area contributed by atoms with Crippen LogP contribution >= 0.6 is 0 Å². The molecule has 2 N–H and O–H groups in total. The molecule has 4 heterocycles. The van der Waals surface area contributed by atoms with Crippen LogP contribution in [0.25, 0.3) is 5.65 Å². The summed E-state index contributed by atoms with van der Waals surface area (Å²) in [5.74, 6) is -0.429. The van der Waals surface area contributed by atoms with Gasteiger partial charge in [-0.3, -0.25) is 4.79 Å². The number of aromatic nitrogens is 4. The van der Waals surface area contributed by atoms with Gasteiger partial charge < -0.3 is 19.9 Å². The monoisotopic (exact) mass is 413 g/mol. The number of anilines is 2. The molecule has 1 aliphatic carbocycles. The van der Waals surface area contributed by atoms with Gasteiger partial charge in [-0.05, 0) is 19.3 Å². The van der Waals surface area contributed by atoms with Crippen LogP contribution in [0, 0.1) is 5.82 Å². The predicted molar refractivity (Wildman–Crippen MR) is 107 cm³/mol. The number of amides is 1. The summed E-state index contributed by atoms with van der Waals surface area (Å²) in [4.78, 5) is 27.1. The third-order valence-electron chi connectivity index (χ3n) is 5.38. The van der Waals surface area contributed by atoms with Crippen LogP contribution in [0.15, 0.2) is 30.9 Å². The lowest BCUT2D eigenvalue weighted by Gasteiger charge is -2.17. The minimum Gasteiger partial charge on any atom is -0.354 e. The Hall–Kier alpha value is -3.14. The molecule has 10 heteroatoms. The van der Waals surface area contributed by atoms with Crippen LogP contribution in [0.4, 0.5) is 20.3 Å². The number of imidazole rings is 1. The van der Waals surface area contributed by atoms with Crippen molar-refractivity contribution < 1.29 is 13.6 Å². The van der Waals surface area contributed by atoms with Crippen molar-refractivity contribution in [2.24, 2.45) is 0 Å². The van der Waals surface area contributed by atoms with Crippen LogP contribution in [-0.2, 0) is 6.67 Å². The Bertz CT molecular complexity index is 1080. The molecule has 0 aromatic carbocycles. The van der Waals surface area contributed by atoms with Crippen molar-refractivity contribution in [3.05, 3.63) is 48.1 Å². The molecular weight excluding hydrogens is 392 g/mol. The normalized spacial score (nSPS) is 18.9. The Morgan fingerprint density at radius 2 is 2.03 bits per heavy atom. The zero-order valence-electron chi connectivity index (χ0n) is 16.2. The number of alkyl halides is 1. The van der Waals surface area contributed by atoms with Gasteiger partial charge in [0.2, 0.25) is 0 Å². The van der Waals surface area contributed by atoms with Crippen molar-refractivity contribution in [1.82, 2.24) is 24.7 Å². The Kier molecular flexibility index (Phi) is 4.78. The second-order valence-electron chi connectivity index (χ2n) is 7.76. The first-order valence-corrected chi connectivity index (χ1v) is 9.96. The topological polar surface area (TPSA) is 87.5 Å². The first kappa shape index (κ1) is 18.9. The van der Waals surface area contributed by atoms with Crippen molar-refractivity contribution >= 4 is 23.1 Å². The molecular formula is C20H21F2N7O. The molecule has 156 valence electrons. The van der Waals surface area contributed by atoms with Gasteiger partial charge in [0.15, 0.2) is 11.5 Å². The quantitative estimate of drug-likeness (QED) is 0.645. The average molecular weight is 413 g/mol. The highest BCUT2D eigenvalue weighted by Crippen LogP contribution is 2.24. The lowest BCUT2D eigenvalue weighted by atomic mass is 10.2. The minimum atomic E-state index is -0.793. The first-order chi connectivity index (χ1) is 14.6. The summed E-state index contributed by atoms with van der Waals surface area (Å²) in [6.07, 6.45) is 9.43. The van der Waals surface area contributed by atoms with Gasteiger partial charge in [-0.25, -0.2) is 23.7 Å². The fourth-order valence-corrected chi connectivity index (χ4v) is 3.73. The van der Waals surface area contributed by atoms with Gasteiger partial charge >= 0.3 is 0 Å². The summed E-state index contributed by atoms with van der Waals surface area (Å²) >= 11 is 0. The molecule has 2 aliphatic rings. The van der Waals surface area contributed by atoms with Gasteiger partial charge in [0.1, 0.15) is 18.2 Å². The Labute approximate surface area is 171 Å². The van der Waals surface area contributed by atoms with E-state index in [2.05, 4.69) is 30.5 Å². The maximum atomic E-state index is 14.2. The lowest BCUT2D eigenvalue weighted by molar-refractivity contribution is 0.102. The molecule has 0 radical (unpaired) electrons. The second-order valence-corrected chi connectivity index (χ2v) is 7.76. The van der Waals surface area contributed by atoms with Crippen LogP contribution in [0.1, 0.15) is 35.4 Å². The Balaban J connectivity index is 1.25. The van der Waals surface area contributed by atoms with Crippen molar-refractivity contribution in [2.45, 2.75) is 38.0 Å². The molecule has 30 heavy (non-hydrogen) atoms. The van der Waals surface area contributed by atoms with E-state index in [4.69, 9.17) is 0 Å². The van der Waals surface area contributed by atoms with E-state index in [0.29, 0.717) is 12.1 Å². The Morgan fingerprint density at radius 1 is 1.17 bits per heavy atom. The van der Waals surface area contributed by atoms with Crippen LogP contribution in [-0.4, -0.2) is 50.4 Å². The molecule has 3 aromatic rings. The van der Waals surface area contributed by atoms with E-state index in [1.54, 1.807) is 6.20 Å². The predicted octanol–water partition coefficient (Wildman–Crippen LogP) is 2.32. The fourth-order valence-electron chi connectivity index (χ4n) is 3.73. The van der Waals surface area contributed by atoms with Gasteiger partial charge in [-0.15, -0.1) is 0 Å². The van der Waals surface area contributed by atoms with E-state index in [-0.39, 0.29) is 22.7 Å². The highest BCUT2D eigenvalue weighted by atomic mass is 19.1. The van der Waals surface area contributed by atoms with Crippen molar-refractivity contribution in [2.75, 3.05) is 23.3 Å². The lowest BCUT2D eigenvalue weighted by Crippen LogP contribution is -2.34. The summed E-state index contributed by atoms with van der Waals surface area (Å²) in [7, 11) is 0. The summed E-state index contributed by atoms with van der Waals surface area (Å²) in [5.41, 5.74) is 0.466. The second kappa shape index (κ2) is 7.60. The maximum Gasteiger partial charge on any atom is 0.275 e. The minimum absolute atomic E-state index is 0.00452. The SMILES string of the molecule is O=C(Nc1cc(F)c2nc(CF)cn2c1)c1cnc(N2CC[C@@H](NC3CC3)C2)cn1. The van der Waals surface area contributed by atoms with Crippen LogP contribution < -0.4 is 15.5 Å². The number of carbonyl (C=O) groups is 1. The summed E-state index contributed by atoms with van der Waals surface area (Å²) in [6, 6.07) is 2.27. The summed E-state index contributed by atoms with van der Waals surface area (Å²) in [6.45, 7) is 0.983. The molecule has 5 rings (SSSR count). The molecule has 0 unspecified atom stereocenters. The number of hydrogen-bond donors (Lipinski definition) is 2. The molecule has 3 aromatic heterocycles. The summed E-state index contributed by atoms with van der Waals surface area (Å²) < 4.78 is 28.3. The van der Waals surface area contributed by atoms with Gasteiger partial charge in [-0.2, -0.15) is 0 Å². The maximum absolute atomic E-state index is 14.2. The standard InChI is InChI=1S/C20H21F2N7O/c21-6-15-11-29-10-14(5-16(22)19(29)26-15)27-20(30)17-7-24-18(8-23-17)28-4-3-13(9-28)25-12-1-2-12/h5,7-8,10-13,25H,1-4,6,9H2,(H,27,30)/t13-/m1/s1. The number of rotatable bonds is 6. The van der Waals surface area contributed by atoms with Gasteiger partial charge in [0.25, 0.3) is 5.91 Å². The fraction of sp³-hybridized carbons (Fsp3) is 0.400. The molecule has 1 aliphatic heterocycles. The van der Waals surface area contributed by atoms with E-state index in [1.165, 1.54) is 35.8 Å². The molecule has 0 spiro atoms. The third-order valence-corrected chi connectivity index (χ3v) is 5.38. The molecule has 1 atom stereocenters. The number of halogens is 2. The number of pyridine rings is 1. The van der Waals surface area contributed by atoms with E-state index in [0.717, 1.165) is 31.4 Å². The van der Waals surface area contributed by atoms with E-state index in [1.807, 2.05) is 0 Å². The summed E-state index contributed by atoms with van der Waals surface area (Å²) in [5, 5.41) is 6.22. The van der Waals surface area contributed by atoms with Crippen LogP contribution in [0.5, 0.6) is 0 Å². The molecule has 1 saturated carbocycles. The van der Waals surface area contributed by atoms with Crippen molar-refractivity contribution in [3.8, 4) is 0 Å². The van der Waals surface area contributed by atoms with E-state index >= 15 is 0 Å². The van der Waals surface area contributed by atoms with Crippen LogP contribution in [0.3, 0.4) is 0 Å². The van der Waals surface area contributed by atoms with E-state index < -0.39 is 18.4 Å². The van der Waals surface area contributed by atoms with Crippen LogP contribution in [0.2, 0.25) is 0 Å². The van der Waals surface area contributed by atoms with E-state index in [9.17, 15) is 13.6 Å². The van der Waals surface area contributed by atoms with Crippen molar-refractivity contribution in [1.29, 1.82) is 0 Å². The highest BCUT2D eigenvalue weighted by Gasteiger charge is 2.29. The van der Waals surface area contributed by atoms with Gasteiger partial charge in [0.05, 0.1) is 23.8 Å². The number of hydrogen-bond acceptors (Lipinski definition) is 6. The molecule has 2 fully saturated rings. The largest absolute Gasteiger partial charge is 0.354 e. The molecule has 1 amide bonds. The Morgan fingerprint density at radius 3 is 2.77 bits per heavy atom. The zero-order chi connectivity index (χ0) is 20.7. The zero-order valence-corrected chi connectivity index (χ0v) is 16.2. The van der Waals surface area contributed by atoms with Gasteiger partial charge in [0, 0.05) is 43.6 Å². The number of fused-ring (bicyclic) bond motifs is 1. The highest BCUT2D eigenvalue weighted by molar-refractivity contribution is 6.02. The molecule has 8 nitrogen and oxygen atoms in total. The van der Waals surface area contributed by atoms with Gasteiger partial charge in [-0.1, -0.05) is 0 Å². The number of carbonyl (C=O) groups excluding carboxylic acids is 1. The molecule has 0 bridgehead atoms.